The van der Waals surface area contributed by atoms with E-state index >= 15 is 0 Å². The number of amides is 1. The number of allylic oxidation sites excluding steroid dienone is 5. The molecule has 190 valence electrons. The van der Waals surface area contributed by atoms with Gasteiger partial charge in [0.1, 0.15) is 5.82 Å². The Bertz CT molecular complexity index is 1390. The van der Waals surface area contributed by atoms with Crippen molar-refractivity contribution in [3.8, 4) is 0 Å². The van der Waals surface area contributed by atoms with Crippen molar-refractivity contribution in [3.05, 3.63) is 105 Å². The van der Waals surface area contributed by atoms with Crippen molar-refractivity contribution in [2.45, 2.75) is 57.5 Å². The fourth-order valence-electron chi connectivity index (χ4n) is 6.95. The summed E-state index contributed by atoms with van der Waals surface area (Å²) in [6, 6.07) is 14.4. The van der Waals surface area contributed by atoms with E-state index in [-0.39, 0.29) is 41.9 Å². The second kappa shape index (κ2) is 8.63. The van der Waals surface area contributed by atoms with Gasteiger partial charge in [0.25, 0.3) is 5.91 Å². The van der Waals surface area contributed by atoms with Crippen LogP contribution in [0.1, 0.15) is 66.9 Å². The minimum Gasteiger partial charge on any atom is -0.389 e. The molecule has 4 aliphatic rings. The van der Waals surface area contributed by atoms with Crippen molar-refractivity contribution >= 4 is 11.7 Å². The summed E-state index contributed by atoms with van der Waals surface area (Å²) in [6.07, 6.45) is 8.03. The zero-order valence-corrected chi connectivity index (χ0v) is 21.4. The van der Waals surface area contributed by atoms with Gasteiger partial charge in [0.2, 0.25) is 0 Å². The van der Waals surface area contributed by atoms with Crippen molar-refractivity contribution in [3.63, 3.8) is 0 Å². The van der Waals surface area contributed by atoms with E-state index in [0.29, 0.717) is 24.8 Å². The van der Waals surface area contributed by atoms with Crippen LogP contribution in [-0.2, 0) is 11.2 Å². The van der Waals surface area contributed by atoms with Crippen molar-refractivity contribution in [1.29, 1.82) is 0 Å². The molecule has 6 rings (SSSR count). The highest BCUT2D eigenvalue weighted by atomic mass is 19.1. The van der Waals surface area contributed by atoms with Gasteiger partial charge >= 0.3 is 0 Å². The van der Waals surface area contributed by atoms with Crippen LogP contribution in [0.5, 0.6) is 0 Å². The number of aryl methyl sites for hydroxylation is 1. The SMILES string of the molecule is CC1=CC2=C(C=C3CCC(O)(CCc4ccccc4C(=O)N4CC(=O)C4)C3(C)C2)C1c1ccc(F)cc1. The zero-order valence-electron chi connectivity index (χ0n) is 21.4. The summed E-state index contributed by atoms with van der Waals surface area (Å²) in [6.45, 7) is 4.70. The summed E-state index contributed by atoms with van der Waals surface area (Å²) in [4.78, 5) is 25.9. The molecule has 37 heavy (non-hydrogen) atoms. The Morgan fingerprint density at radius 2 is 1.84 bits per heavy atom. The van der Waals surface area contributed by atoms with Crippen LogP contribution in [0, 0.1) is 11.2 Å². The van der Waals surface area contributed by atoms with E-state index in [1.54, 1.807) is 4.90 Å². The minimum absolute atomic E-state index is 0.0853. The summed E-state index contributed by atoms with van der Waals surface area (Å²) in [5.74, 6) is -0.115. The van der Waals surface area contributed by atoms with E-state index in [2.05, 4.69) is 26.0 Å². The number of aliphatic hydroxyl groups is 1. The van der Waals surface area contributed by atoms with E-state index in [4.69, 9.17) is 0 Å². The summed E-state index contributed by atoms with van der Waals surface area (Å²) in [5.41, 5.74) is 6.47. The van der Waals surface area contributed by atoms with Gasteiger partial charge in [-0.2, -0.15) is 0 Å². The molecule has 0 bridgehead atoms. The smallest absolute Gasteiger partial charge is 0.254 e. The monoisotopic (exact) mass is 497 g/mol. The number of halogens is 1. The lowest BCUT2D eigenvalue weighted by Crippen LogP contribution is -2.50. The Hall–Kier alpha value is -3.31. The first-order valence-electron chi connectivity index (χ1n) is 13.2. The van der Waals surface area contributed by atoms with E-state index < -0.39 is 5.60 Å². The first-order chi connectivity index (χ1) is 17.7. The van der Waals surface area contributed by atoms with Crippen LogP contribution in [0.3, 0.4) is 0 Å². The van der Waals surface area contributed by atoms with Crippen LogP contribution >= 0.6 is 0 Å². The first-order valence-corrected chi connectivity index (χ1v) is 13.2. The average molecular weight is 498 g/mol. The van der Waals surface area contributed by atoms with Gasteiger partial charge in [-0.15, -0.1) is 0 Å². The molecule has 0 spiro atoms. The second-order valence-electron chi connectivity index (χ2n) is 11.4. The Morgan fingerprint density at radius 3 is 2.57 bits per heavy atom. The normalized spacial score (nSPS) is 28.5. The third-order valence-corrected chi connectivity index (χ3v) is 9.24. The topological polar surface area (TPSA) is 57.6 Å². The van der Waals surface area contributed by atoms with Crippen LogP contribution in [0.2, 0.25) is 0 Å². The van der Waals surface area contributed by atoms with Crippen molar-refractivity contribution in [2.75, 3.05) is 13.1 Å². The molecule has 1 heterocycles. The highest BCUT2D eigenvalue weighted by Gasteiger charge is 2.55. The fourth-order valence-corrected chi connectivity index (χ4v) is 6.95. The maximum absolute atomic E-state index is 13.6. The van der Waals surface area contributed by atoms with E-state index in [1.165, 1.54) is 34.4 Å². The number of likely N-dealkylation sites (tertiary alicyclic amines) is 1. The average Bonchev–Trinajstić information content (AvgIpc) is 3.31. The molecule has 2 aromatic carbocycles. The largest absolute Gasteiger partial charge is 0.389 e. The molecule has 4 nitrogen and oxygen atoms in total. The number of carbonyl (C=O) groups is 2. The maximum atomic E-state index is 13.6. The molecule has 0 aromatic heterocycles. The molecule has 2 aromatic rings. The lowest BCUT2D eigenvalue weighted by atomic mass is 9.64. The van der Waals surface area contributed by atoms with Gasteiger partial charge in [-0.25, -0.2) is 4.39 Å². The van der Waals surface area contributed by atoms with Gasteiger partial charge in [-0.3, -0.25) is 9.59 Å². The van der Waals surface area contributed by atoms with E-state index in [0.717, 1.165) is 24.0 Å². The third kappa shape index (κ3) is 3.83. The molecule has 1 amide bonds. The third-order valence-electron chi connectivity index (χ3n) is 9.24. The molecule has 2 fully saturated rings. The van der Waals surface area contributed by atoms with Crippen LogP contribution < -0.4 is 0 Å². The molecule has 3 aliphatic carbocycles. The number of Topliss-reactive ketones (excluding diaryl/α,β-unsaturated/α-hetero) is 1. The van der Waals surface area contributed by atoms with Crippen LogP contribution in [0.4, 0.5) is 4.39 Å². The molecule has 1 saturated carbocycles. The van der Waals surface area contributed by atoms with Gasteiger partial charge in [0, 0.05) is 16.9 Å². The number of carbonyl (C=O) groups excluding carboxylic acids is 2. The number of hydrogen-bond donors (Lipinski definition) is 1. The van der Waals surface area contributed by atoms with Crippen LogP contribution in [0.15, 0.2) is 83.0 Å². The summed E-state index contributed by atoms with van der Waals surface area (Å²) < 4.78 is 13.6. The zero-order chi connectivity index (χ0) is 25.9. The lowest BCUT2D eigenvalue weighted by Gasteiger charge is -2.43. The Balaban J connectivity index is 1.24. The Kier molecular flexibility index (Phi) is 5.61. The molecule has 1 aliphatic heterocycles. The number of rotatable bonds is 5. The molecular formula is C32H32FNO3. The second-order valence-corrected chi connectivity index (χ2v) is 11.4. The predicted octanol–water partition coefficient (Wildman–Crippen LogP) is 5.68. The van der Waals surface area contributed by atoms with Crippen molar-refractivity contribution < 1.29 is 19.1 Å². The molecule has 3 atom stereocenters. The summed E-state index contributed by atoms with van der Waals surface area (Å²) in [5, 5.41) is 12.1. The molecule has 3 unspecified atom stereocenters. The van der Waals surface area contributed by atoms with Gasteiger partial charge < -0.3 is 10.0 Å². The van der Waals surface area contributed by atoms with Crippen LogP contribution in [0.25, 0.3) is 0 Å². The number of ketones is 1. The highest BCUT2D eigenvalue weighted by Crippen LogP contribution is 2.60. The summed E-state index contributed by atoms with van der Waals surface area (Å²) >= 11 is 0. The Morgan fingerprint density at radius 1 is 1.11 bits per heavy atom. The fraction of sp³-hybridized carbons (Fsp3) is 0.375. The quantitative estimate of drug-likeness (QED) is 0.578. The highest BCUT2D eigenvalue weighted by molar-refractivity contribution is 6.04. The minimum atomic E-state index is -0.879. The molecule has 0 radical (unpaired) electrons. The molecule has 1 N–H and O–H groups in total. The molecule has 1 saturated heterocycles. The molecule has 5 heteroatoms. The standard InChI is InChI=1S/C32H32FNO3/c1-20-15-23-17-31(2)24(16-28(23)29(20)22-7-9-25(33)10-8-22)12-14-32(31,37)13-11-21-5-3-4-6-27(21)30(36)34-18-26(35)19-34/h3-10,15-16,29,37H,11-14,17-19H2,1-2H3. The number of benzene rings is 2. The number of hydrogen-bond acceptors (Lipinski definition) is 3. The van der Waals surface area contributed by atoms with Crippen LogP contribution in [-0.4, -0.2) is 40.4 Å². The van der Waals surface area contributed by atoms with Gasteiger partial charge in [0.15, 0.2) is 5.78 Å². The van der Waals surface area contributed by atoms with Gasteiger partial charge in [-0.1, -0.05) is 60.6 Å². The number of fused-ring (bicyclic) bond motifs is 1. The van der Waals surface area contributed by atoms with Gasteiger partial charge in [0.05, 0.1) is 18.7 Å². The van der Waals surface area contributed by atoms with E-state index in [1.807, 2.05) is 36.4 Å². The van der Waals surface area contributed by atoms with Crippen molar-refractivity contribution in [2.24, 2.45) is 5.41 Å². The van der Waals surface area contributed by atoms with Crippen molar-refractivity contribution in [1.82, 2.24) is 4.90 Å². The predicted molar refractivity (Wildman–Crippen MR) is 141 cm³/mol. The Labute approximate surface area is 217 Å². The first kappa shape index (κ1) is 24.1. The summed E-state index contributed by atoms with van der Waals surface area (Å²) in [7, 11) is 0. The number of nitrogens with zero attached hydrogens (tertiary/aromatic N) is 1. The lowest BCUT2D eigenvalue weighted by molar-refractivity contribution is -0.127. The van der Waals surface area contributed by atoms with E-state index in [9.17, 15) is 19.1 Å². The van der Waals surface area contributed by atoms with Gasteiger partial charge in [-0.05, 0) is 79.5 Å². The molecular weight excluding hydrogens is 465 g/mol. The maximum Gasteiger partial charge on any atom is 0.254 e.